The summed E-state index contributed by atoms with van der Waals surface area (Å²) in [5.41, 5.74) is 0. The van der Waals surface area contributed by atoms with E-state index in [9.17, 15) is 33.8 Å². The highest BCUT2D eigenvalue weighted by atomic mass is 31.2. The molecule has 0 aliphatic heterocycles. The SMILES string of the molecule is CC(C)CCCC(C)CCCC(C)CCCC(C)CC(O)(P(=O)(O)O)P(=O)(O)O. The summed E-state index contributed by atoms with van der Waals surface area (Å²) in [6.07, 6.45) is 9.11. The van der Waals surface area contributed by atoms with Crippen LogP contribution >= 0.6 is 15.2 Å². The molecule has 0 rings (SSSR count). The molecule has 9 heteroatoms. The Kier molecular flexibility index (Phi) is 13.1. The first kappa shape index (κ1) is 29.3. The fraction of sp³-hybridized carbons (Fsp3) is 1.00. The molecule has 0 aromatic carbocycles. The van der Waals surface area contributed by atoms with E-state index < -0.39 is 32.6 Å². The minimum absolute atomic E-state index is 0.409. The van der Waals surface area contributed by atoms with Crippen molar-refractivity contribution in [3.05, 3.63) is 0 Å². The molecule has 176 valence electrons. The van der Waals surface area contributed by atoms with Crippen LogP contribution in [0.1, 0.15) is 98.8 Å². The Morgan fingerprint density at radius 3 is 1.24 bits per heavy atom. The third kappa shape index (κ3) is 11.4. The van der Waals surface area contributed by atoms with Gasteiger partial charge in [0.2, 0.25) is 0 Å². The van der Waals surface area contributed by atoms with Crippen LogP contribution in [0.2, 0.25) is 0 Å². The van der Waals surface area contributed by atoms with E-state index in [-0.39, 0.29) is 0 Å². The Labute approximate surface area is 177 Å². The zero-order valence-electron chi connectivity index (χ0n) is 18.8. The molecule has 0 amide bonds. The molecule has 7 nitrogen and oxygen atoms in total. The third-order valence-corrected chi connectivity index (χ3v) is 9.62. The molecule has 3 atom stereocenters. The topological polar surface area (TPSA) is 135 Å². The maximum atomic E-state index is 11.4. The molecule has 0 spiro atoms. The molecule has 0 saturated heterocycles. The molecule has 0 radical (unpaired) electrons. The van der Waals surface area contributed by atoms with Gasteiger partial charge in [0.15, 0.2) is 0 Å². The highest BCUT2D eigenvalue weighted by Gasteiger charge is 2.59. The summed E-state index contributed by atoms with van der Waals surface area (Å²) >= 11 is 0. The number of aliphatic hydroxyl groups is 1. The zero-order chi connectivity index (χ0) is 22.9. The first-order valence-electron chi connectivity index (χ1n) is 10.9. The van der Waals surface area contributed by atoms with Crippen LogP contribution in [-0.2, 0) is 9.13 Å². The molecule has 5 N–H and O–H groups in total. The van der Waals surface area contributed by atoms with Gasteiger partial charge in [0.05, 0.1) is 0 Å². The lowest BCUT2D eigenvalue weighted by Gasteiger charge is -2.31. The van der Waals surface area contributed by atoms with Crippen molar-refractivity contribution in [2.45, 2.75) is 104 Å². The first-order valence-corrected chi connectivity index (χ1v) is 14.2. The third-order valence-electron chi connectivity index (χ3n) is 5.82. The summed E-state index contributed by atoms with van der Waals surface area (Å²) in [7, 11) is -10.7. The molecule has 0 aromatic heterocycles. The maximum Gasteiger partial charge on any atom is 0.369 e. The van der Waals surface area contributed by atoms with Crippen molar-refractivity contribution >= 4 is 15.2 Å². The van der Waals surface area contributed by atoms with Crippen LogP contribution < -0.4 is 0 Å². The van der Waals surface area contributed by atoms with Crippen molar-refractivity contribution in [2.24, 2.45) is 23.7 Å². The Bertz CT molecular complexity index is 519. The van der Waals surface area contributed by atoms with Gasteiger partial charge in [0.25, 0.3) is 5.08 Å². The van der Waals surface area contributed by atoms with Crippen LogP contribution in [0.3, 0.4) is 0 Å². The quantitative estimate of drug-likeness (QED) is 0.194. The first-order chi connectivity index (χ1) is 13.1. The van der Waals surface area contributed by atoms with Crippen LogP contribution in [0, 0.1) is 23.7 Å². The molecule has 0 fully saturated rings. The summed E-state index contributed by atoms with van der Waals surface area (Å²) in [6, 6.07) is 0. The lowest BCUT2D eigenvalue weighted by molar-refractivity contribution is 0.107. The summed E-state index contributed by atoms with van der Waals surface area (Å²) in [4.78, 5) is 36.9. The molecule has 0 heterocycles. The van der Waals surface area contributed by atoms with E-state index in [0.29, 0.717) is 12.3 Å². The van der Waals surface area contributed by atoms with Gasteiger partial charge in [-0.15, -0.1) is 0 Å². The maximum absolute atomic E-state index is 11.4. The van der Waals surface area contributed by atoms with E-state index in [0.717, 1.165) is 31.1 Å². The van der Waals surface area contributed by atoms with Crippen molar-refractivity contribution in [2.75, 3.05) is 0 Å². The zero-order valence-corrected chi connectivity index (χ0v) is 20.6. The number of rotatable bonds is 16. The summed E-state index contributed by atoms with van der Waals surface area (Å²) in [5.74, 6) is 1.64. The molecule has 0 saturated carbocycles. The fourth-order valence-electron chi connectivity index (χ4n) is 3.77. The predicted octanol–water partition coefficient (Wildman–Crippen LogP) is 5.45. The summed E-state index contributed by atoms with van der Waals surface area (Å²) in [6.45, 7) is 10.7. The highest BCUT2D eigenvalue weighted by molar-refractivity contribution is 7.72. The van der Waals surface area contributed by atoms with Crippen molar-refractivity contribution in [3.63, 3.8) is 0 Å². The van der Waals surface area contributed by atoms with Crippen molar-refractivity contribution < 1.29 is 33.8 Å². The molecule has 0 aliphatic rings. The van der Waals surface area contributed by atoms with Gasteiger partial charge in [-0.3, -0.25) is 9.13 Å². The second kappa shape index (κ2) is 13.0. The monoisotopic (exact) mass is 458 g/mol. The van der Waals surface area contributed by atoms with Gasteiger partial charge >= 0.3 is 15.2 Å². The Balaban J connectivity index is 4.19. The van der Waals surface area contributed by atoms with Crippen molar-refractivity contribution in [1.82, 2.24) is 0 Å². The van der Waals surface area contributed by atoms with Gasteiger partial charge in [-0.25, -0.2) is 0 Å². The van der Waals surface area contributed by atoms with Gasteiger partial charge in [-0.1, -0.05) is 92.4 Å². The Morgan fingerprint density at radius 2 is 0.931 bits per heavy atom. The van der Waals surface area contributed by atoms with Gasteiger partial charge in [-0.2, -0.15) is 0 Å². The molecular weight excluding hydrogens is 414 g/mol. The van der Waals surface area contributed by atoms with Crippen molar-refractivity contribution in [1.29, 1.82) is 0 Å². The van der Waals surface area contributed by atoms with Crippen LogP contribution in [0.4, 0.5) is 0 Å². The normalized spacial score (nSPS) is 16.8. The fourth-order valence-corrected chi connectivity index (χ4v) is 6.23. The second-order valence-corrected chi connectivity index (χ2v) is 13.6. The Hall–Kier alpha value is 0.260. The smallest absolute Gasteiger partial charge is 0.368 e. The molecule has 0 bridgehead atoms. The average molecular weight is 459 g/mol. The van der Waals surface area contributed by atoms with E-state index in [1.165, 1.54) is 32.1 Å². The summed E-state index contributed by atoms with van der Waals surface area (Å²) < 4.78 is 22.9. The van der Waals surface area contributed by atoms with Gasteiger partial charge in [0, 0.05) is 6.42 Å². The minimum atomic E-state index is -5.36. The van der Waals surface area contributed by atoms with Gasteiger partial charge in [-0.05, 0) is 23.7 Å². The van der Waals surface area contributed by atoms with E-state index in [1.807, 2.05) is 0 Å². The predicted molar refractivity (Wildman–Crippen MR) is 118 cm³/mol. The molecule has 0 aliphatic carbocycles. The molecule has 0 aromatic rings. The standard InChI is InChI=1S/C20H44O7P2/c1-16(2)9-6-10-17(3)11-7-12-18(4)13-8-14-19(5)15-20(21,28(22,23)24)29(25,26)27/h16-19,21H,6-15H2,1-5H3,(H2,22,23,24)(H2,25,26,27). The molecular formula is C20H44O7P2. The second-order valence-electron chi connectivity index (χ2n) is 9.57. The Morgan fingerprint density at radius 1 is 0.621 bits per heavy atom. The van der Waals surface area contributed by atoms with E-state index in [4.69, 9.17) is 0 Å². The van der Waals surface area contributed by atoms with Crippen LogP contribution in [0.15, 0.2) is 0 Å². The van der Waals surface area contributed by atoms with Crippen LogP contribution in [-0.4, -0.2) is 29.8 Å². The van der Waals surface area contributed by atoms with E-state index >= 15 is 0 Å². The van der Waals surface area contributed by atoms with E-state index in [1.54, 1.807) is 6.92 Å². The lowest BCUT2D eigenvalue weighted by Crippen LogP contribution is -2.31. The molecule has 29 heavy (non-hydrogen) atoms. The highest BCUT2D eigenvalue weighted by Crippen LogP contribution is 2.69. The molecule has 3 unspecified atom stereocenters. The average Bonchev–Trinajstić information content (AvgIpc) is 2.52. The van der Waals surface area contributed by atoms with Crippen LogP contribution in [0.5, 0.6) is 0 Å². The largest absolute Gasteiger partial charge is 0.369 e. The van der Waals surface area contributed by atoms with Crippen molar-refractivity contribution in [3.8, 4) is 0 Å². The lowest BCUT2D eigenvalue weighted by atomic mass is 9.91. The minimum Gasteiger partial charge on any atom is -0.368 e. The summed E-state index contributed by atoms with van der Waals surface area (Å²) in [5, 5.41) is 6.70. The number of hydrogen-bond donors (Lipinski definition) is 5. The number of hydrogen-bond acceptors (Lipinski definition) is 3. The van der Waals surface area contributed by atoms with E-state index in [2.05, 4.69) is 27.7 Å². The van der Waals surface area contributed by atoms with Gasteiger partial charge in [0.1, 0.15) is 0 Å². The van der Waals surface area contributed by atoms with Crippen LogP contribution in [0.25, 0.3) is 0 Å². The van der Waals surface area contributed by atoms with Gasteiger partial charge < -0.3 is 24.7 Å².